The zero-order valence-corrected chi connectivity index (χ0v) is 9.96. The molecule has 0 atom stereocenters. The number of nitrogens with one attached hydrogen (secondary N) is 1. The quantitative estimate of drug-likeness (QED) is 0.887. The van der Waals surface area contributed by atoms with E-state index in [1.165, 1.54) is 0 Å². The fourth-order valence-electron chi connectivity index (χ4n) is 1.97. The second-order valence-corrected chi connectivity index (χ2v) is 4.25. The molecule has 1 aliphatic rings. The van der Waals surface area contributed by atoms with Crippen LogP contribution in [0.15, 0.2) is 27.3 Å². The van der Waals surface area contributed by atoms with Crippen molar-refractivity contribution in [2.24, 2.45) is 0 Å². The van der Waals surface area contributed by atoms with Crippen molar-refractivity contribution >= 4 is 0 Å². The van der Waals surface area contributed by atoms with E-state index < -0.39 is 0 Å². The molecule has 0 amide bonds. The Morgan fingerprint density at radius 1 is 1.39 bits per heavy atom. The molecule has 6 nitrogen and oxygen atoms in total. The van der Waals surface area contributed by atoms with Gasteiger partial charge in [0.05, 0.1) is 12.4 Å². The highest BCUT2D eigenvalue weighted by Crippen LogP contribution is 2.17. The van der Waals surface area contributed by atoms with Crippen molar-refractivity contribution in [1.29, 1.82) is 0 Å². The number of piperidine rings is 1. The van der Waals surface area contributed by atoms with Crippen molar-refractivity contribution in [3.8, 4) is 11.6 Å². The summed E-state index contributed by atoms with van der Waals surface area (Å²) in [5.74, 6) is 1.55. The molecule has 2 aromatic rings. The van der Waals surface area contributed by atoms with Crippen LogP contribution in [0.25, 0.3) is 11.6 Å². The van der Waals surface area contributed by atoms with Gasteiger partial charge in [0.25, 0.3) is 5.89 Å². The summed E-state index contributed by atoms with van der Waals surface area (Å²) in [4.78, 5) is 4.22. The van der Waals surface area contributed by atoms with E-state index in [0.717, 1.165) is 25.9 Å². The van der Waals surface area contributed by atoms with Crippen molar-refractivity contribution in [3.63, 3.8) is 0 Å². The molecule has 2 aromatic heterocycles. The van der Waals surface area contributed by atoms with E-state index in [9.17, 15) is 0 Å². The third-order valence-corrected chi connectivity index (χ3v) is 2.94. The number of aromatic nitrogens is 2. The fraction of sp³-hybridized carbons (Fsp3) is 0.500. The molecule has 0 aromatic carbocycles. The maximum Gasteiger partial charge on any atom is 0.253 e. The largest absolute Gasteiger partial charge is 0.461 e. The Hall–Kier alpha value is -1.66. The minimum absolute atomic E-state index is 0.283. The first kappa shape index (κ1) is 11.4. The van der Waals surface area contributed by atoms with Crippen molar-refractivity contribution in [2.75, 3.05) is 13.1 Å². The highest BCUT2D eigenvalue weighted by atomic mass is 16.5. The normalized spacial score (nSPS) is 17.1. The van der Waals surface area contributed by atoms with Gasteiger partial charge < -0.3 is 19.0 Å². The zero-order valence-electron chi connectivity index (χ0n) is 9.96. The number of hydrogen-bond acceptors (Lipinski definition) is 6. The Morgan fingerprint density at radius 2 is 2.28 bits per heavy atom. The van der Waals surface area contributed by atoms with Gasteiger partial charge in [0, 0.05) is 0 Å². The lowest BCUT2D eigenvalue weighted by Crippen LogP contribution is -2.32. The molecule has 3 heterocycles. The second-order valence-electron chi connectivity index (χ2n) is 4.25. The summed E-state index contributed by atoms with van der Waals surface area (Å²) in [7, 11) is 0. The first-order valence-electron chi connectivity index (χ1n) is 6.10. The third-order valence-electron chi connectivity index (χ3n) is 2.94. The average molecular weight is 249 g/mol. The molecule has 0 bridgehead atoms. The Bertz CT molecular complexity index is 474. The molecule has 1 saturated heterocycles. The first-order valence-corrected chi connectivity index (χ1v) is 6.10. The molecule has 0 unspecified atom stereocenters. The van der Waals surface area contributed by atoms with Crippen molar-refractivity contribution in [1.82, 2.24) is 15.5 Å². The van der Waals surface area contributed by atoms with Crippen molar-refractivity contribution in [2.45, 2.75) is 25.6 Å². The molecule has 1 fully saturated rings. The van der Waals surface area contributed by atoms with Gasteiger partial charge in [0.2, 0.25) is 5.82 Å². The van der Waals surface area contributed by atoms with Crippen LogP contribution in [0.4, 0.5) is 0 Å². The van der Waals surface area contributed by atoms with E-state index in [1.54, 1.807) is 18.4 Å². The summed E-state index contributed by atoms with van der Waals surface area (Å²) in [5.41, 5.74) is 0. The predicted octanol–water partition coefficient (Wildman–Crippen LogP) is 1.60. The van der Waals surface area contributed by atoms with Crippen LogP contribution in [0.3, 0.4) is 0 Å². The topological polar surface area (TPSA) is 73.3 Å². The van der Waals surface area contributed by atoms with E-state index in [-0.39, 0.29) is 6.10 Å². The minimum Gasteiger partial charge on any atom is -0.461 e. The van der Waals surface area contributed by atoms with Crippen LogP contribution < -0.4 is 5.32 Å². The van der Waals surface area contributed by atoms with Gasteiger partial charge in [-0.2, -0.15) is 4.98 Å². The molecule has 1 N–H and O–H groups in total. The van der Waals surface area contributed by atoms with Crippen LogP contribution in [0.1, 0.15) is 18.7 Å². The number of furan rings is 1. The van der Waals surface area contributed by atoms with Gasteiger partial charge in [0.1, 0.15) is 6.61 Å². The Labute approximate surface area is 104 Å². The van der Waals surface area contributed by atoms with Gasteiger partial charge in [0.15, 0.2) is 5.76 Å². The Morgan fingerprint density at radius 3 is 3.06 bits per heavy atom. The summed E-state index contributed by atoms with van der Waals surface area (Å²) < 4.78 is 16.0. The van der Waals surface area contributed by atoms with E-state index in [0.29, 0.717) is 24.1 Å². The van der Waals surface area contributed by atoms with E-state index in [4.69, 9.17) is 13.7 Å². The van der Waals surface area contributed by atoms with Crippen LogP contribution in [0.5, 0.6) is 0 Å². The smallest absolute Gasteiger partial charge is 0.253 e. The van der Waals surface area contributed by atoms with Gasteiger partial charge in [-0.25, -0.2) is 0 Å². The summed E-state index contributed by atoms with van der Waals surface area (Å²) in [6.07, 6.45) is 3.92. The molecular weight excluding hydrogens is 234 g/mol. The van der Waals surface area contributed by atoms with E-state index in [1.807, 2.05) is 0 Å². The monoisotopic (exact) mass is 249 g/mol. The summed E-state index contributed by atoms with van der Waals surface area (Å²) in [5, 5.41) is 7.14. The highest BCUT2D eigenvalue weighted by molar-refractivity contribution is 5.44. The van der Waals surface area contributed by atoms with Crippen LogP contribution in [-0.2, 0) is 11.3 Å². The average Bonchev–Trinajstić information content (AvgIpc) is 3.08. The molecular formula is C12H15N3O3. The molecule has 0 saturated carbocycles. The molecule has 0 spiro atoms. The number of nitrogens with zero attached hydrogens (tertiary/aromatic N) is 2. The number of hydrogen-bond donors (Lipinski definition) is 1. The van der Waals surface area contributed by atoms with Crippen molar-refractivity contribution in [3.05, 3.63) is 24.3 Å². The zero-order chi connectivity index (χ0) is 12.2. The third kappa shape index (κ3) is 2.60. The molecule has 6 heteroatoms. The van der Waals surface area contributed by atoms with Gasteiger partial charge >= 0.3 is 0 Å². The lowest BCUT2D eigenvalue weighted by atomic mass is 10.1. The fourth-order valence-corrected chi connectivity index (χ4v) is 1.97. The SMILES string of the molecule is c1coc(-c2noc(COC3CCNCC3)n2)c1. The first-order chi connectivity index (χ1) is 8.92. The highest BCUT2D eigenvalue weighted by Gasteiger charge is 2.16. The molecule has 3 rings (SSSR count). The van der Waals surface area contributed by atoms with E-state index in [2.05, 4.69) is 15.5 Å². The number of ether oxygens (including phenoxy) is 1. The predicted molar refractivity (Wildman–Crippen MR) is 62.7 cm³/mol. The number of rotatable bonds is 4. The van der Waals surface area contributed by atoms with Gasteiger partial charge in [-0.3, -0.25) is 0 Å². The van der Waals surface area contributed by atoms with Crippen LogP contribution in [0.2, 0.25) is 0 Å². The Balaban J connectivity index is 1.57. The summed E-state index contributed by atoms with van der Waals surface area (Å²) in [6.45, 7) is 2.37. The van der Waals surface area contributed by atoms with Crippen LogP contribution in [-0.4, -0.2) is 29.3 Å². The minimum atomic E-state index is 0.283. The van der Waals surface area contributed by atoms with E-state index >= 15 is 0 Å². The molecule has 0 radical (unpaired) electrons. The molecule has 1 aliphatic heterocycles. The lowest BCUT2D eigenvalue weighted by molar-refractivity contribution is 0.00859. The summed E-state index contributed by atoms with van der Waals surface area (Å²) in [6, 6.07) is 3.58. The van der Waals surface area contributed by atoms with Gasteiger partial charge in [-0.05, 0) is 38.1 Å². The Kier molecular flexibility index (Phi) is 3.38. The van der Waals surface area contributed by atoms with Gasteiger partial charge in [-0.1, -0.05) is 5.16 Å². The summed E-state index contributed by atoms with van der Waals surface area (Å²) >= 11 is 0. The van der Waals surface area contributed by atoms with Gasteiger partial charge in [-0.15, -0.1) is 0 Å². The molecule has 18 heavy (non-hydrogen) atoms. The maximum absolute atomic E-state index is 5.73. The van der Waals surface area contributed by atoms with Crippen LogP contribution in [0, 0.1) is 0 Å². The standard InChI is InChI=1S/C12H15N3O3/c1-2-10(16-7-1)12-14-11(18-15-12)8-17-9-3-5-13-6-4-9/h1-2,7,9,13H,3-6,8H2. The van der Waals surface area contributed by atoms with Crippen molar-refractivity contribution < 1.29 is 13.7 Å². The second kappa shape index (κ2) is 5.32. The maximum atomic E-state index is 5.73. The lowest BCUT2D eigenvalue weighted by Gasteiger charge is -2.21. The van der Waals surface area contributed by atoms with Crippen LogP contribution >= 0.6 is 0 Å². The molecule has 0 aliphatic carbocycles. The molecule has 96 valence electrons.